The van der Waals surface area contributed by atoms with Gasteiger partial charge < -0.3 is 19.6 Å². The average Bonchev–Trinajstić information content (AvgIpc) is 2.88. The van der Waals surface area contributed by atoms with Gasteiger partial charge in [-0.2, -0.15) is 0 Å². The van der Waals surface area contributed by atoms with Gasteiger partial charge in [0.2, 0.25) is 11.8 Å². The zero-order valence-corrected chi connectivity index (χ0v) is 15.7. The number of piperazine rings is 1. The Morgan fingerprint density at radius 2 is 1.88 bits per heavy atom. The van der Waals surface area contributed by atoms with Crippen LogP contribution in [0.15, 0.2) is 0 Å². The second-order valence-electron chi connectivity index (χ2n) is 7.92. The number of fused-ring (bicyclic) bond motifs is 1. The summed E-state index contributed by atoms with van der Waals surface area (Å²) in [6.07, 6.45) is 0.329. The third-order valence-electron chi connectivity index (χ3n) is 5.65. The molecule has 3 fully saturated rings. The number of carbonyl (C=O) groups excluding carboxylic acids is 2. The molecule has 9 heteroatoms. The Kier molecular flexibility index (Phi) is 4.87. The normalized spacial score (nSPS) is 28.0. The van der Waals surface area contributed by atoms with Crippen molar-refractivity contribution >= 4 is 17.9 Å². The number of nitrogens with zero attached hydrogens (tertiary/aromatic N) is 3. The number of piperidine rings is 1. The summed E-state index contributed by atoms with van der Waals surface area (Å²) in [5.41, 5.74) is -1.16. The van der Waals surface area contributed by atoms with E-state index in [2.05, 4.69) is 5.32 Å². The Balaban J connectivity index is 1.84. The van der Waals surface area contributed by atoms with Crippen molar-refractivity contribution in [2.75, 3.05) is 39.3 Å². The summed E-state index contributed by atoms with van der Waals surface area (Å²) in [6.45, 7) is 7.46. The van der Waals surface area contributed by atoms with Crippen molar-refractivity contribution in [1.82, 2.24) is 20.0 Å². The van der Waals surface area contributed by atoms with Gasteiger partial charge in [0.1, 0.15) is 12.2 Å². The molecule has 0 radical (unpaired) electrons. The van der Waals surface area contributed by atoms with Crippen molar-refractivity contribution in [3.8, 4) is 0 Å². The third-order valence-corrected chi connectivity index (χ3v) is 5.65. The first-order valence-corrected chi connectivity index (χ1v) is 9.11. The van der Waals surface area contributed by atoms with Crippen molar-refractivity contribution in [2.24, 2.45) is 0 Å². The van der Waals surface area contributed by atoms with Crippen molar-refractivity contribution in [2.45, 2.75) is 50.9 Å². The van der Waals surface area contributed by atoms with Gasteiger partial charge in [-0.05, 0) is 26.7 Å². The van der Waals surface area contributed by atoms with Gasteiger partial charge in [0.25, 0.3) is 0 Å². The Morgan fingerprint density at radius 1 is 1.23 bits per heavy atom. The Labute approximate surface area is 153 Å². The second kappa shape index (κ2) is 6.70. The minimum Gasteiger partial charge on any atom is -0.465 e. The highest BCUT2D eigenvalue weighted by atomic mass is 16.5. The molecule has 3 amide bonds. The first-order chi connectivity index (χ1) is 12.2. The molecule has 0 bridgehead atoms. The molecular formula is C17H28N4O5. The van der Waals surface area contributed by atoms with E-state index in [0.717, 1.165) is 17.7 Å². The summed E-state index contributed by atoms with van der Waals surface area (Å²) >= 11 is 0. The van der Waals surface area contributed by atoms with Crippen LogP contribution in [0.2, 0.25) is 0 Å². The fourth-order valence-corrected chi connectivity index (χ4v) is 4.26. The summed E-state index contributed by atoms with van der Waals surface area (Å²) in [4.78, 5) is 40.5. The molecule has 1 spiro atoms. The zero-order chi connectivity index (χ0) is 19.1. The van der Waals surface area contributed by atoms with Crippen LogP contribution < -0.4 is 5.32 Å². The number of ether oxygens (including phenoxy) is 1. The van der Waals surface area contributed by atoms with E-state index in [1.165, 1.54) is 0 Å². The molecule has 1 atom stereocenters. The molecule has 0 aromatic carbocycles. The highest BCUT2D eigenvalue weighted by Gasteiger charge is 2.58. The molecule has 0 aromatic heterocycles. The van der Waals surface area contributed by atoms with E-state index in [-0.39, 0.29) is 43.2 Å². The van der Waals surface area contributed by atoms with Crippen LogP contribution in [-0.2, 0) is 14.3 Å². The fourth-order valence-electron chi connectivity index (χ4n) is 4.26. The van der Waals surface area contributed by atoms with Crippen LogP contribution in [0.1, 0.15) is 33.6 Å². The molecule has 3 aliphatic heterocycles. The van der Waals surface area contributed by atoms with E-state index in [1.807, 2.05) is 18.7 Å². The molecule has 0 saturated carbocycles. The van der Waals surface area contributed by atoms with Crippen molar-refractivity contribution in [3.05, 3.63) is 0 Å². The lowest BCUT2D eigenvalue weighted by molar-refractivity contribution is -0.148. The zero-order valence-electron chi connectivity index (χ0n) is 15.7. The van der Waals surface area contributed by atoms with Crippen LogP contribution in [0, 0.1) is 0 Å². The molecular weight excluding hydrogens is 340 g/mol. The van der Waals surface area contributed by atoms with Crippen LogP contribution >= 0.6 is 0 Å². The Hall–Kier alpha value is -1.87. The van der Waals surface area contributed by atoms with Gasteiger partial charge in [-0.15, -0.1) is 0 Å². The Morgan fingerprint density at radius 3 is 2.42 bits per heavy atom. The maximum Gasteiger partial charge on any atom is 0.407 e. The predicted octanol–water partition coefficient (Wildman–Crippen LogP) is -0.0858. The average molecular weight is 368 g/mol. The molecule has 2 N–H and O–H groups in total. The molecule has 3 saturated heterocycles. The molecule has 9 nitrogen and oxygen atoms in total. The fraction of sp³-hybridized carbons (Fsp3) is 0.824. The van der Waals surface area contributed by atoms with Gasteiger partial charge in [-0.1, -0.05) is 0 Å². The topological polar surface area (TPSA) is 102 Å². The molecule has 1 unspecified atom stereocenters. The van der Waals surface area contributed by atoms with E-state index in [0.29, 0.717) is 19.6 Å². The van der Waals surface area contributed by atoms with E-state index in [9.17, 15) is 19.5 Å². The molecule has 3 heterocycles. The number of likely N-dealkylation sites (tertiary alicyclic amines) is 1. The lowest BCUT2D eigenvalue weighted by atomic mass is 9.88. The summed E-state index contributed by atoms with van der Waals surface area (Å²) in [5.74, 6) is -0.147. The maximum atomic E-state index is 12.7. The van der Waals surface area contributed by atoms with Gasteiger partial charge in [-0.3, -0.25) is 19.8 Å². The molecule has 0 aromatic rings. The molecule has 0 aliphatic carbocycles. The van der Waals surface area contributed by atoms with E-state index in [4.69, 9.17) is 4.74 Å². The minimum absolute atomic E-state index is 0.0283. The summed E-state index contributed by atoms with van der Waals surface area (Å²) in [6, 6.07) is 0. The van der Waals surface area contributed by atoms with E-state index in [1.54, 1.807) is 11.8 Å². The van der Waals surface area contributed by atoms with Crippen LogP contribution in [0.3, 0.4) is 0 Å². The molecule has 3 aliphatic rings. The van der Waals surface area contributed by atoms with Crippen molar-refractivity contribution < 1.29 is 24.2 Å². The number of nitrogens with one attached hydrogen (secondary N) is 1. The smallest absolute Gasteiger partial charge is 0.407 e. The number of rotatable bonds is 3. The first-order valence-electron chi connectivity index (χ1n) is 9.11. The lowest BCUT2D eigenvalue weighted by Crippen LogP contribution is -2.70. The van der Waals surface area contributed by atoms with E-state index < -0.39 is 11.8 Å². The molecule has 146 valence electrons. The monoisotopic (exact) mass is 368 g/mol. The standard InChI is InChI=1S/C17H28N4O5/c1-12(2)26-11-17-10-20(15(24)25)8-14(23)21(17)9-16(18-17)4-6-19(7-5-16)13(3)22/h12,18H,4-11H2,1-3H3,(H,24,25). The number of carbonyl (C=O) groups is 3. The SMILES string of the molecule is CC(=O)N1CCC2(CC1)CN1C(=O)CN(C(=O)O)CC1(COC(C)C)N2. The van der Waals surface area contributed by atoms with Gasteiger partial charge in [0.15, 0.2) is 0 Å². The molecule has 26 heavy (non-hydrogen) atoms. The first kappa shape index (κ1) is 18.9. The second-order valence-corrected chi connectivity index (χ2v) is 7.92. The van der Waals surface area contributed by atoms with Gasteiger partial charge in [0.05, 0.1) is 19.3 Å². The number of amides is 3. The maximum absolute atomic E-state index is 12.7. The van der Waals surface area contributed by atoms with Gasteiger partial charge >= 0.3 is 6.09 Å². The van der Waals surface area contributed by atoms with Crippen LogP contribution in [0.25, 0.3) is 0 Å². The summed E-state index contributed by atoms with van der Waals surface area (Å²) < 4.78 is 5.82. The summed E-state index contributed by atoms with van der Waals surface area (Å²) in [5, 5.41) is 13.0. The highest BCUT2D eigenvalue weighted by Crippen LogP contribution is 2.37. The van der Waals surface area contributed by atoms with Crippen LogP contribution in [0.5, 0.6) is 0 Å². The number of hydrogen-bond donors (Lipinski definition) is 2. The van der Waals surface area contributed by atoms with Crippen LogP contribution in [0.4, 0.5) is 4.79 Å². The summed E-state index contributed by atoms with van der Waals surface area (Å²) in [7, 11) is 0. The largest absolute Gasteiger partial charge is 0.465 e. The third kappa shape index (κ3) is 3.37. The quantitative estimate of drug-likeness (QED) is 0.722. The van der Waals surface area contributed by atoms with Crippen LogP contribution in [-0.4, -0.2) is 94.4 Å². The minimum atomic E-state index is -1.10. The lowest BCUT2D eigenvalue weighted by Gasteiger charge is -2.46. The number of hydrogen-bond acceptors (Lipinski definition) is 5. The van der Waals surface area contributed by atoms with Gasteiger partial charge in [-0.25, -0.2) is 4.79 Å². The number of carboxylic acid groups (broad SMARTS) is 1. The Bertz CT molecular complexity index is 602. The molecule has 3 rings (SSSR count). The van der Waals surface area contributed by atoms with Crippen molar-refractivity contribution in [1.29, 1.82) is 0 Å². The van der Waals surface area contributed by atoms with Crippen molar-refractivity contribution in [3.63, 3.8) is 0 Å². The highest BCUT2D eigenvalue weighted by molar-refractivity contribution is 5.84. The van der Waals surface area contributed by atoms with E-state index >= 15 is 0 Å². The predicted molar refractivity (Wildman–Crippen MR) is 92.5 cm³/mol. The van der Waals surface area contributed by atoms with Gasteiger partial charge in [0, 0.05) is 32.1 Å².